The topological polar surface area (TPSA) is 115 Å². The minimum Gasteiger partial charge on any atom is -0.497 e. The Hall–Kier alpha value is -3.37. The van der Waals surface area contributed by atoms with E-state index >= 15 is 0 Å². The number of sulfonamides is 1. The third-order valence-electron chi connectivity index (χ3n) is 5.75. The van der Waals surface area contributed by atoms with E-state index in [2.05, 4.69) is 10.5 Å². The predicted octanol–water partition coefficient (Wildman–Crippen LogP) is 3.47. The SMILES string of the molecule is COc1ccc(CNC(=O)[C@H]2CCCN(S(=O)(=O)c3c(C)noc3/C=C/c3ccco3)C2)cc1. The highest BCUT2D eigenvalue weighted by molar-refractivity contribution is 7.89. The average Bonchev–Trinajstić information content (AvgIpc) is 3.51. The number of amides is 1. The molecule has 1 atom stereocenters. The first-order valence-electron chi connectivity index (χ1n) is 11.0. The van der Waals surface area contributed by atoms with Gasteiger partial charge in [0.15, 0.2) is 10.7 Å². The lowest BCUT2D eigenvalue weighted by Gasteiger charge is -2.31. The van der Waals surface area contributed by atoms with Gasteiger partial charge in [-0.25, -0.2) is 8.42 Å². The summed E-state index contributed by atoms with van der Waals surface area (Å²) >= 11 is 0. The number of furan rings is 1. The lowest BCUT2D eigenvalue weighted by atomic mass is 9.99. The fraction of sp³-hybridized carbons (Fsp3) is 0.333. The van der Waals surface area contributed by atoms with Gasteiger partial charge in [0, 0.05) is 19.6 Å². The standard InChI is InChI=1S/C24H27N3O6S/c1-17-23(22(33-26-17)12-11-21-6-4-14-32-21)34(29,30)27-13-3-5-19(16-27)24(28)25-15-18-7-9-20(31-2)10-8-18/h4,6-12,14,19H,3,5,13,15-16H2,1-2H3,(H,25,28)/b12-11+/t19-/m0/s1. The van der Waals surface area contributed by atoms with Crippen LogP contribution in [0, 0.1) is 12.8 Å². The summed E-state index contributed by atoms with van der Waals surface area (Å²) in [6.07, 6.45) is 5.87. The quantitative estimate of drug-likeness (QED) is 0.519. The summed E-state index contributed by atoms with van der Waals surface area (Å²) in [6.45, 7) is 2.38. The molecule has 3 heterocycles. The predicted molar refractivity (Wildman–Crippen MR) is 125 cm³/mol. The molecule has 0 saturated carbocycles. The first-order valence-corrected chi connectivity index (χ1v) is 12.4. The third-order valence-corrected chi connectivity index (χ3v) is 7.78. The van der Waals surface area contributed by atoms with Crippen LogP contribution in [0.1, 0.15) is 35.6 Å². The molecule has 1 fully saturated rings. The number of hydrogen-bond donors (Lipinski definition) is 1. The molecule has 0 radical (unpaired) electrons. The van der Waals surface area contributed by atoms with Gasteiger partial charge in [-0.2, -0.15) is 4.31 Å². The number of piperidine rings is 1. The molecule has 0 bridgehead atoms. The summed E-state index contributed by atoms with van der Waals surface area (Å²) in [6, 6.07) is 10.9. The largest absolute Gasteiger partial charge is 0.497 e. The van der Waals surface area contributed by atoms with E-state index in [9.17, 15) is 13.2 Å². The van der Waals surface area contributed by atoms with Crippen LogP contribution in [0.15, 0.2) is 56.5 Å². The van der Waals surface area contributed by atoms with Crippen molar-refractivity contribution < 1.29 is 26.9 Å². The Balaban J connectivity index is 1.45. The zero-order chi connectivity index (χ0) is 24.1. The van der Waals surface area contributed by atoms with Crippen molar-refractivity contribution in [1.82, 2.24) is 14.8 Å². The number of rotatable bonds is 8. The number of benzene rings is 1. The fourth-order valence-corrected chi connectivity index (χ4v) is 5.70. The van der Waals surface area contributed by atoms with Crippen LogP contribution in [-0.4, -0.2) is 44.0 Å². The van der Waals surface area contributed by atoms with Gasteiger partial charge in [-0.15, -0.1) is 0 Å². The van der Waals surface area contributed by atoms with E-state index in [4.69, 9.17) is 13.7 Å². The summed E-state index contributed by atoms with van der Waals surface area (Å²) in [4.78, 5) is 12.8. The van der Waals surface area contributed by atoms with Crippen molar-refractivity contribution in [3.63, 3.8) is 0 Å². The molecule has 1 aliphatic heterocycles. The van der Waals surface area contributed by atoms with Crippen molar-refractivity contribution in [3.8, 4) is 5.75 Å². The van der Waals surface area contributed by atoms with Gasteiger partial charge in [0.2, 0.25) is 15.9 Å². The number of hydrogen-bond acceptors (Lipinski definition) is 7. The smallest absolute Gasteiger partial charge is 0.248 e. The van der Waals surface area contributed by atoms with E-state index in [0.717, 1.165) is 11.3 Å². The van der Waals surface area contributed by atoms with Gasteiger partial charge in [0.05, 0.1) is 19.3 Å². The van der Waals surface area contributed by atoms with Crippen molar-refractivity contribution in [3.05, 3.63) is 65.4 Å². The zero-order valence-electron chi connectivity index (χ0n) is 19.1. The number of ether oxygens (including phenoxy) is 1. The molecule has 0 aliphatic carbocycles. The van der Waals surface area contributed by atoms with Crippen molar-refractivity contribution in [2.24, 2.45) is 5.92 Å². The number of aromatic nitrogens is 1. The highest BCUT2D eigenvalue weighted by atomic mass is 32.2. The second kappa shape index (κ2) is 10.3. The lowest BCUT2D eigenvalue weighted by molar-refractivity contribution is -0.126. The normalized spacial score (nSPS) is 17.2. The number of methoxy groups -OCH3 is 1. The maximum Gasteiger partial charge on any atom is 0.248 e. The Morgan fingerprint density at radius 3 is 2.76 bits per heavy atom. The van der Waals surface area contributed by atoms with Crippen molar-refractivity contribution >= 4 is 28.1 Å². The maximum atomic E-state index is 13.5. The summed E-state index contributed by atoms with van der Waals surface area (Å²) in [5, 5.41) is 6.77. The molecule has 1 N–H and O–H groups in total. The highest BCUT2D eigenvalue weighted by Crippen LogP contribution is 2.29. The van der Waals surface area contributed by atoms with Crippen molar-refractivity contribution in [2.45, 2.75) is 31.2 Å². The Morgan fingerprint density at radius 2 is 2.06 bits per heavy atom. The molecule has 0 unspecified atom stereocenters. The first-order chi connectivity index (χ1) is 16.4. The van der Waals surface area contributed by atoms with E-state index in [1.54, 1.807) is 32.2 Å². The second-order valence-electron chi connectivity index (χ2n) is 8.08. The van der Waals surface area contributed by atoms with Crippen LogP contribution >= 0.6 is 0 Å². The van der Waals surface area contributed by atoms with Crippen molar-refractivity contribution in [1.29, 1.82) is 0 Å². The Bertz CT molecular complexity index is 1250. The molecule has 4 rings (SSSR count). The molecule has 1 aliphatic rings. The van der Waals surface area contributed by atoms with Gasteiger partial charge in [-0.05, 0) is 61.7 Å². The molecule has 3 aromatic rings. The van der Waals surface area contributed by atoms with Gasteiger partial charge in [0.1, 0.15) is 17.2 Å². The molecule has 10 heteroatoms. The molecular formula is C24H27N3O6S. The number of carbonyl (C=O) groups excluding carboxylic acids is 1. The monoisotopic (exact) mass is 485 g/mol. The van der Waals surface area contributed by atoms with Gasteiger partial charge < -0.3 is 19.0 Å². The number of nitrogens with zero attached hydrogens (tertiary/aromatic N) is 2. The average molecular weight is 486 g/mol. The number of nitrogens with one attached hydrogen (secondary N) is 1. The van der Waals surface area contributed by atoms with Crippen LogP contribution in [0.25, 0.3) is 12.2 Å². The molecule has 9 nitrogen and oxygen atoms in total. The van der Waals surface area contributed by atoms with Crippen LogP contribution in [0.2, 0.25) is 0 Å². The molecule has 2 aromatic heterocycles. The van der Waals surface area contributed by atoms with Gasteiger partial charge in [-0.1, -0.05) is 17.3 Å². The molecule has 1 amide bonds. The van der Waals surface area contributed by atoms with Crippen LogP contribution in [0.4, 0.5) is 0 Å². The Kier molecular flexibility index (Phi) is 7.18. The Labute approximate surface area is 198 Å². The molecular weight excluding hydrogens is 458 g/mol. The molecule has 0 spiro atoms. The van der Waals surface area contributed by atoms with Crippen LogP contribution in [0.5, 0.6) is 5.75 Å². The van der Waals surface area contributed by atoms with E-state index in [1.165, 1.54) is 16.6 Å². The van der Waals surface area contributed by atoms with Crippen molar-refractivity contribution in [2.75, 3.05) is 20.2 Å². The van der Waals surface area contributed by atoms with Crippen LogP contribution in [0.3, 0.4) is 0 Å². The van der Waals surface area contributed by atoms with E-state index < -0.39 is 15.9 Å². The minimum absolute atomic E-state index is 0.00889. The number of carbonyl (C=O) groups is 1. The van der Waals surface area contributed by atoms with E-state index in [1.807, 2.05) is 24.3 Å². The molecule has 34 heavy (non-hydrogen) atoms. The summed E-state index contributed by atoms with van der Waals surface area (Å²) < 4.78 is 44.0. The summed E-state index contributed by atoms with van der Waals surface area (Å²) in [5.74, 6) is 0.814. The molecule has 1 saturated heterocycles. The van der Waals surface area contributed by atoms with E-state index in [0.29, 0.717) is 31.7 Å². The fourth-order valence-electron chi connectivity index (χ4n) is 3.92. The van der Waals surface area contributed by atoms with E-state index in [-0.39, 0.29) is 28.8 Å². The zero-order valence-corrected chi connectivity index (χ0v) is 19.9. The van der Waals surface area contributed by atoms with Crippen LogP contribution in [-0.2, 0) is 21.4 Å². The maximum absolute atomic E-state index is 13.5. The highest BCUT2D eigenvalue weighted by Gasteiger charge is 2.36. The third kappa shape index (κ3) is 5.23. The molecule has 180 valence electrons. The second-order valence-corrected chi connectivity index (χ2v) is 9.95. The minimum atomic E-state index is -3.91. The summed E-state index contributed by atoms with van der Waals surface area (Å²) in [5.41, 5.74) is 1.20. The molecule has 1 aromatic carbocycles. The first kappa shape index (κ1) is 23.8. The van der Waals surface area contributed by atoms with Gasteiger partial charge >= 0.3 is 0 Å². The summed E-state index contributed by atoms with van der Waals surface area (Å²) in [7, 11) is -2.31. The van der Waals surface area contributed by atoms with Crippen LogP contribution < -0.4 is 10.1 Å². The van der Waals surface area contributed by atoms with Gasteiger partial charge in [0.25, 0.3) is 0 Å². The Morgan fingerprint density at radius 1 is 1.26 bits per heavy atom. The van der Waals surface area contributed by atoms with Gasteiger partial charge in [-0.3, -0.25) is 4.79 Å². The number of aryl methyl sites for hydroxylation is 1. The lowest BCUT2D eigenvalue weighted by Crippen LogP contribution is -2.45.